The van der Waals surface area contributed by atoms with Gasteiger partial charge in [-0.3, -0.25) is 0 Å². The van der Waals surface area contributed by atoms with Crippen LogP contribution in [0.2, 0.25) is 28.2 Å². The first-order valence-corrected chi connectivity index (χ1v) is 27.9. The quantitative estimate of drug-likeness (QED) is 0.111. The van der Waals surface area contributed by atoms with E-state index in [9.17, 15) is 5.11 Å². The van der Waals surface area contributed by atoms with Gasteiger partial charge in [-0.2, -0.15) is 9.97 Å². The van der Waals surface area contributed by atoms with E-state index in [2.05, 4.69) is 117 Å². The number of hydrogen-bond donors (Lipinski definition) is 3. The SMILES string of the molecule is CC(C)(C)[Si](C)(C)O[C@@H]1CO[C@H]2[C@@H]1OC[C@H]2Oc1nc2nc(-c3ccc(N4CCCC4)cc3)c(Cl)cc2[nH]1.O[C@@H]1CO[C@H]2[C@@H]1OC[C@H]2Oc1nc2nc(-c3ccc(N4CCCC4)cc3)c(Cl)cc2[nH]1. The number of anilines is 2. The molecule has 8 atom stereocenters. The number of H-pyrrole nitrogens is 2. The number of benzene rings is 2. The Hall–Kier alpha value is -4.56. The largest absolute Gasteiger partial charge is 0.456 e. The molecule has 10 heterocycles. The number of fused-ring (bicyclic) bond motifs is 4. The summed E-state index contributed by atoms with van der Waals surface area (Å²) in [5, 5.41) is 11.1. The number of aromatic amines is 2. The number of rotatable bonds is 10. The van der Waals surface area contributed by atoms with Gasteiger partial charge in [0.1, 0.15) is 30.5 Å². The van der Waals surface area contributed by atoms with Gasteiger partial charge in [-0.15, -0.1) is 0 Å². The van der Waals surface area contributed by atoms with Crippen LogP contribution in [-0.2, 0) is 23.4 Å². The number of pyridine rings is 2. The number of aliphatic hydroxyl groups is 1. The Kier molecular flexibility index (Phi) is 12.8. The van der Waals surface area contributed by atoms with Gasteiger partial charge in [0.25, 0.3) is 12.0 Å². The van der Waals surface area contributed by atoms with Crippen molar-refractivity contribution in [3.63, 3.8) is 0 Å². The van der Waals surface area contributed by atoms with Gasteiger partial charge in [0.15, 0.2) is 31.8 Å². The van der Waals surface area contributed by atoms with Crippen molar-refractivity contribution in [3.8, 4) is 34.5 Å². The van der Waals surface area contributed by atoms with E-state index >= 15 is 0 Å². The number of aliphatic hydroxyl groups excluding tert-OH is 1. The lowest BCUT2D eigenvalue weighted by Gasteiger charge is -2.39. The van der Waals surface area contributed by atoms with Crippen LogP contribution in [0.3, 0.4) is 0 Å². The lowest BCUT2D eigenvalue weighted by Crippen LogP contribution is -2.47. The number of ether oxygens (including phenoxy) is 6. The van der Waals surface area contributed by atoms with Gasteiger partial charge in [0.2, 0.25) is 0 Å². The monoisotopic (exact) mass is 998 g/mol. The number of aromatic nitrogens is 6. The molecular formula is C50H60Cl2N8O8Si. The third kappa shape index (κ3) is 9.42. The summed E-state index contributed by atoms with van der Waals surface area (Å²) < 4.78 is 42.3. The van der Waals surface area contributed by atoms with Gasteiger partial charge in [-0.1, -0.05) is 68.2 Å². The van der Waals surface area contributed by atoms with Gasteiger partial charge >= 0.3 is 0 Å². The molecule has 16 nitrogen and oxygen atoms in total. The molecule has 0 bridgehead atoms. The van der Waals surface area contributed by atoms with Crippen LogP contribution in [0.4, 0.5) is 11.4 Å². The normalized spacial score (nSPS) is 26.8. The molecule has 0 radical (unpaired) electrons. The molecule has 6 fully saturated rings. The van der Waals surface area contributed by atoms with Gasteiger partial charge in [-0.25, -0.2) is 9.97 Å². The van der Waals surface area contributed by atoms with Crippen molar-refractivity contribution in [1.29, 1.82) is 0 Å². The van der Waals surface area contributed by atoms with Crippen molar-refractivity contribution >= 4 is 65.2 Å². The van der Waals surface area contributed by atoms with E-state index in [1.54, 1.807) is 0 Å². The average molecular weight is 1000 g/mol. The highest BCUT2D eigenvalue weighted by Crippen LogP contribution is 2.41. The van der Waals surface area contributed by atoms with Crippen molar-refractivity contribution < 1.29 is 38.0 Å². The summed E-state index contributed by atoms with van der Waals surface area (Å²) in [6.07, 6.45) is 2.70. The first-order chi connectivity index (χ1) is 33.2. The molecule has 69 heavy (non-hydrogen) atoms. The minimum Gasteiger partial charge on any atom is -0.456 e. The summed E-state index contributed by atoms with van der Waals surface area (Å²) in [7, 11) is -1.94. The van der Waals surface area contributed by atoms with Crippen molar-refractivity contribution in [2.45, 2.75) is 113 Å². The van der Waals surface area contributed by atoms with E-state index < -0.39 is 14.4 Å². The minimum absolute atomic E-state index is 0.0787. The summed E-state index contributed by atoms with van der Waals surface area (Å²) in [6, 6.07) is 21.2. The zero-order chi connectivity index (χ0) is 47.6. The van der Waals surface area contributed by atoms with Crippen molar-refractivity contribution in [3.05, 3.63) is 70.7 Å². The molecule has 6 aliphatic heterocycles. The molecule has 366 valence electrons. The molecule has 3 N–H and O–H groups in total. The first kappa shape index (κ1) is 46.8. The molecule has 4 aromatic heterocycles. The number of hydrogen-bond acceptors (Lipinski definition) is 14. The molecule has 19 heteroatoms. The van der Waals surface area contributed by atoms with Crippen LogP contribution in [-0.4, -0.2) is 145 Å². The lowest BCUT2D eigenvalue weighted by atomic mass is 10.1. The van der Waals surface area contributed by atoms with E-state index in [1.807, 2.05) is 12.1 Å². The van der Waals surface area contributed by atoms with E-state index in [-0.39, 0.29) is 54.4 Å². The number of halogens is 2. The molecule has 2 aromatic carbocycles. The molecular weight excluding hydrogens is 940 g/mol. The molecule has 6 aromatic rings. The Morgan fingerprint density at radius 3 is 1.46 bits per heavy atom. The van der Waals surface area contributed by atoms with Gasteiger partial charge in [-0.05, 0) is 80.2 Å². The maximum absolute atomic E-state index is 9.89. The summed E-state index contributed by atoms with van der Waals surface area (Å²) in [6.45, 7) is 17.2. The molecule has 0 unspecified atom stereocenters. The predicted octanol–water partition coefficient (Wildman–Crippen LogP) is 8.60. The van der Waals surface area contributed by atoms with E-state index in [4.69, 9.17) is 61.0 Å². The third-order valence-corrected chi connectivity index (χ3v) is 19.8. The molecule has 6 saturated heterocycles. The fourth-order valence-corrected chi connectivity index (χ4v) is 11.8. The Balaban J connectivity index is 0.000000154. The molecule has 6 aliphatic rings. The molecule has 0 spiro atoms. The maximum Gasteiger partial charge on any atom is 0.296 e. The van der Waals surface area contributed by atoms with Crippen LogP contribution >= 0.6 is 23.2 Å². The predicted molar refractivity (Wildman–Crippen MR) is 267 cm³/mol. The average Bonchev–Trinajstić information content (AvgIpc) is 4.18. The second kappa shape index (κ2) is 18.9. The van der Waals surface area contributed by atoms with Gasteiger partial charge < -0.3 is 57.7 Å². The zero-order valence-corrected chi connectivity index (χ0v) is 42.1. The fourth-order valence-electron chi connectivity index (χ4n) is 9.94. The van der Waals surface area contributed by atoms with Crippen LogP contribution in [0.5, 0.6) is 12.0 Å². The highest BCUT2D eigenvalue weighted by Gasteiger charge is 2.53. The van der Waals surface area contributed by atoms with Crippen LogP contribution in [0.25, 0.3) is 44.8 Å². The van der Waals surface area contributed by atoms with Gasteiger partial charge in [0, 0.05) is 48.7 Å². The highest BCUT2D eigenvalue weighted by molar-refractivity contribution is 6.74. The zero-order valence-electron chi connectivity index (χ0n) is 39.6. The molecule has 0 saturated carbocycles. The van der Waals surface area contributed by atoms with Gasteiger partial charge in [0.05, 0.1) is 65.0 Å². The topological polar surface area (TPSA) is 174 Å². The maximum atomic E-state index is 9.89. The van der Waals surface area contributed by atoms with Crippen LogP contribution in [0.1, 0.15) is 46.5 Å². The van der Waals surface area contributed by atoms with E-state index in [1.165, 1.54) is 37.1 Å². The summed E-state index contributed by atoms with van der Waals surface area (Å²) in [5.41, 5.74) is 8.28. The second-order valence-electron chi connectivity index (χ2n) is 20.4. The van der Waals surface area contributed by atoms with Crippen LogP contribution < -0.4 is 19.3 Å². The Morgan fingerprint density at radius 1 is 0.594 bits per heavy atom. The molecule has 0 amide bonds. The van der Waals surface area contributed by atoms with E-state index in [0.29, 0.717) is 70.1 Å². The summed E-state index contributed by atoms with van der Waals surface area (Å²) in [4.78, 5) is 29.7. The fraction of sp³-hybridized carbons (Fsp3) is 0.520. The number of nitrogens with zero attached hydrogens (tertiary/aromatic N) is 6. The Morgan fingerprint density at radius 2 is 1.00 bits per heavy atom. The Labute approximate surface area is 412 Å². The first-order valence-electron chi connectivity index (χ1n) is 24.2. The van der Waals surface area contributed by atoms with E-state index in [0.717, 1.165) is 42.8 Å². The van der Waals surface area contributed by atoms with Crippen LogP contribution in [0, 0.1) is 0 Å². The van der Waals surface area contributed by atoms with Crippen molar-refractivity contribution in [2.75, 3.05) is 62.4 Å². The van der Waals surface area contributed by atoms with Crippen LogP contribution in [0.15, 0.2) is 60.7 Å². The standard InChI is InChI=1S/C28H37ClN4O4Si.C22H23ClN4O4/c1-28(2,3)38(4,5)37-22-16-35-24-21(15-34-25(22)24)36-27-30-20-14-19(29)23(31-26(20)32-27)17-8-10-18(11-9-17)33-12-6-7-13-33;23-14-9-15-21(25-18(14)12-3-5-13(6-4-12)27-7-1-2-8-27)26-22(24-15)31-17-11-30-19-16(28)10-29-20(17)19/h8-11,14,21-22,24-25H,6-7,12-13,15-16H2,1-5H3,(H,30,31,32);3-6,9,16-17,19-20,28H,1-2,7-8,10-11H2,(H,24,25,26)/t21-,22-,24-,25-;16-,17-,19-,20-/m11/s1. The Bertz CT molecular complexity index is 2780. The van der Waals surface area contributed by atoms with Crippen molar-refractivity contribution in [1.82, 2.24) is 29.9 Å². The highest BCUT2D eigenvalue weighted by atomic mass is 35.5. The summed E-state index contributed by atoms with van der Waals surface area (Å²) in [5.74, 6) is 0. The minimum atomic E-state index is -1.94. The third-order valence-electron chi connectivity index (χ3n) is 14.8. The summed E-state index contributed by atoms with van der Waals surface area (Å²) >= 11 is 13.2. The number of imidazole rings is 2. The smallest absolute Gasteiger partial charge is 0.296 e. The molecule has 12 rings (SSSR count). The lowest BCUT2D eigenvalue weighted by molar-refractivity contribution is 0.00706. The van der Waals surface area contributed by atoms with Crippen molar-refractivity contribution in [2.24, 2.45) is 0 Å². The number of nitrogens with one attached hydrogen (secondary N) is 2. The molecule has 0 aliphatic carbocycles. The second-order valence-corrected chi connectivity index (χ2v) is 26.0.